The molecule has 1 unspecified atom stereocenters. The summed E-state index contributed by atoms with van der Waals surface area (Å²) in [5.41, 5.74) is 1.03. The van der Waals surface area contributed by atoms with E-state index in [9.17, 15) is 0 Å². The standard InChI is InChI=1S/C10H13N3S2/c1-8(5-10-3-2-4-14-10)11-6-9-7-15-13-12-9/h2-4,7-8,11H,5-6H2,1H3. The second kappa shape index (κ2) is 5.34. The Balaban J connectivity index is 1.76. The van der Waals surface area contributed by atoms with Crippen LogP contribution in [0.25, 0.3) is 0 Å². The van der Waals surface area contributed by atoms with Crippen LogP contribution in [0.1, 0.15) is 17.5 Å². The van der Waals surface area contributed by atoms with Gasteiger partial charge < -0.3 is 5.32 Å². The summed E-state index contributed by atoms with van der Waals surface area (Å²) in [6.07, 6.45) is 1.08. The summed E-state index contributed by atoms with van der Waals surface area (Å²) in [6.45, 7) is 3.00. The quantitative estimate of drug-likeness (QED) is 0.870. The topological polar surface area (TPSA) is 37.8 Å². The first-order chi connectivity index (χ1) is 7.34. The molecule has 0 fully saturated rings. The summed E-state index contributed by atoms with van der Waals surface area (Å²) in [5.74, 6) is 0. The molecule has 15 heavy (non-hydrogen) atoms. The molecule has 0 bridgehead atoms. The van der Waals surface area contributed by atoms with Gasteiger partial charge in [-0.15, -0.1) is 16.4 Å². The van der Waals surface area contributed by atoms with Crippen molar-refractivity contribution in [1.82, 2.24) is 14.9 Å². The van der Waals surface area contributed by atoms with E-state index in [0.717, 1.165) is 18.7 Å². The van der Waals surface area contributed by atoms with Gasteiger partial charge in [0.25, 0.3) is 0 Å². The van der Waals surface area contributed by atoms with Gasteiger partial charge in [-0.3, -0.25) is 0 Å². The maximum atomic E-state index is 3.99. The maximum Gasteiger partial charge on any atom is 0.0893 e. The molecule has 0 aromatic carbocycles. The van der Waals surface area contributed by atoms with Gasteiger partial charge in [-0.2, -0.15) is 0 Å². The largest absolute Gasteiger partial charge is 0.308 e. The Bertz CT molecular complexity index is 369. The van der Waals surface area contributed by atoms with Crippen molar-refractivity contribution in [2.45, 2.75) is 25.9 Å². The molecule has 3 nitrogen and oxygen atoms in total. The Morgan fingerprint density at radius 1 is 1.53 bits per heavy atom. The number of hydrogen-bond donors (Lipinski definition) is 1. The summed E-state index contributed by atoms with van der Waals surface area (Å²) >= 11 is 3.21. The fraction of sp³-hybridized carbons (Fsp3) is 0.400. The summed E-state index contributed by atoms with van der Waals surface area (Å²) in [5, 5.41) is 11.5. The molecule has 1 atom stereocenters. The molecule has 80 valence electrons. The number of hydrogen-bond acceptors (Lipinski definition) is 5. The first-order valence-corrected chi connectivity index (χ1v) is 6.58. The van der Waals surface area contributed by atoms with E-state index < -0.39 is 0 Å². The first-order valence-electron chi connectivity index (χ1n) is 4.86. The zero-order chi connectivity index (χ0) is 10.5. The predicted molar refractivity (Wildman–Crippen MR) is 64.2 cm³/mol. The van der Waals surface area contributed by atoms with Crippen LogP contribution < -0.4 is 5.32 Å². The van der Waals surface area contributed by atoms with Crippen LogP contribution in [-0.2, 0) is 13.0 Å². The second-order valence-corrected chi connectivity index (χ2v) is 5.10. The average molecular weight is 239 g/mol. The Kier molecular flexibility index (Phi) is 3.82. The van der Waals surface area contributed by atoms with Crippen molar-refractivity contribution in [2.24, 2.45) is 0 Å². The van der Waals surface area contributed by atoms with E-state index in [2.05, 4.69) is 39.3 Å². The van der Waals surface area contributed by atoms with Crippen LogP contribution in [0.4, 0.5) is 0 Å². The van der Waals surface area contributed by atoms with Gasteiger partial charge in [-0.25, -0.2) is 0 Å². The molecule has 0 aliphatic heterocycles. The van der Waals surface area contributed by atoms with E-state index in [-0.39, 0.29) is 0 Å². The lowest BCUT2D eigenvalue weighted by Gasteiger charge is -2.10. The minimum Gasteiger partial charge on any atom is -0.308 e. The van der Waals surface area contributed by atoms with E-state index in [4.69, 9.17) is 0 Å². The van der Waals surface area contributed by atoms with Crippen molar-refractivity contribution < 1.29 is 0 Å². The maximum absolute atomic E-state index is 3.99. The molecule has 0 saturated heterocycles. The molecular weight excluding hydrogens is 226 g/mol. The van der Waals surface area contributed by atoms with E-state index in [1.807, 2.05) is 16.7 Å². The molecular formula is C10H13N3S2. The minimum absolute atomic E-state index is 0.477. The van der Waals surface area contributed by atoms with E-state index in [1.54, 1.807) is 0 Å². The third-order valence-corrected chi connectivity index (χ3v) is 3.58. The van der Waals surface area contributed by atoms with Crippen molar-refractivity contribution in [3.05, 3.63) is 33.5 Å². The molecule has 0 amide bonds. The lowest BCUT2D eigenvalue weighted by atomic mass is 10.2. The van der Waals surface area contributed by atoms with Crippen molar-refractivity contribution in [1.29, 1.82) is 0 Å². The van der Waals surface area contributed by atoms with Gasteiger partial charge in [0.1, 0.15) is 0 Å². The SMILES string of the molecule is CC(Cc1cccs1)NCc1csnn1. The van der Waals surface area contributed by atoms with Crippen molar-refractivity contribution in [3.8, 4) is 0 Å². The molecule has 0 aliphatic carbocycles. The van der Waals surface area contributed by atoms with E-state index in [1.165, 1.54) is 16.4 Å². The Morgan fingerprint density at radius 3 is 3.13 bits per heavy atom. The zero-order valence-corrected chi connectivity index (χ0v) is 10.1. The Morgan fingerprint density at radius 2 is 2.47 bits per heavy atom. The third-order valence-electron chi connectivity index (χ3n) is 2.12. The van der Waals surface area contributed by atoms with Gasteiger partial charge in [-0.05, 0) is 36.3 Å². The van der Waals surface area contributed by atoms with Gasteiger partial charge in [-0.1, -0.05) is 10.6 Å². The summed E-state index contributed by atoms with van der Waals surface area (Å²) in [7, 11) is 0. The summed E-state index contributed by atoms with van der Waals surface area (Å²) in [6, 6.07) is 4.75. The zero-order valence-electron chi connectivity index (χ0n) is 8.51. The van der Waals surface area contributed by atoms with Gasteiger partial charge >= 0.3 is 0 Å². The first kappa shape index (κ1) is 10.7. The highest BCUT2D eigenvalue weighted by molar-refractivity contribution is 7.09. The lowest BCUT2D eigenvalue weighted by molar-refractivity contribution is 0.542. The van der Waals surface area contributed by atoms with Gasteiger partial charge in [0.15, 0.2) is 0 Å². The molecule has 2 heterocycles. The van der Waals surface area contributed by atoms with Crippen molar-refractivity contribution >= 4 is 22.9 Å². The summed E-state index contributed by atoms with van der Waals surface area (Å²) in [4.78, 5) is 1.42. The normalized spacial score (nSPS) is 12.9. The van der Waals surface area contributed by atoms with Crippen LogP contribution in [0.15, 0.2) is 22.9 Å². The van der Waals surface area contributed by atoms with Gasteiger partial charge in [0.2, 0.25) is 0 Å². The van der Waals surface area contributed by atoms with Crippen molar-refractivity contribution in [3.63, 3.8) is 0 Å². The summed E-state index contributed by atoms with van der Waals surface area (Å²) < 4.78 is 3.83. The highest BCUT2D eigenvalue weighted by Crippen LogP contribution is 2.11. The van der Waals surface area contributed by atoms with Crippen molar-refractivity contribution in [2.75, 3.05) is 0 Å². The molecule has 0 spiro atoms. The number of aromatic nitrogens is 2. The van der Waals surface area contributed by atoms with Crippen LogP contribution >= 0.6 is 22.9 Å². The van der Waals surface area contributed by atoms with Crippen LogP contribution in [0.2, 0.25) is 0 Å². The molecule has 0 radical (unpaired) electrons. The molecule has 2 aromatic heterocycles. The smallest absolute Gasteiger partial charge is 0.0893 e. The number of rotatable bonds is 5. The highest BCUT2D eigenvalue weighted by Gasteiger charge is 2.04. The molecule has 2 rings (SSSR count). The third kappa shape index (κ3) is 3.37. The molecule has 0 saturated carbocycles. The average Bonchev–Trinajstić information content (AvgIpc) is 2.86. The minimum atomic E-state index is 0.477. The van der Waals surface area contributed by atoms with Gasteiger partial charge in [0, 0.05) is 22.8 Å². The van der Waals surface area contributed by atoms with E-state index in [0.29, 0.717) is 6.04 Å². The molecule has 5 heteroatoms. The Hall–Kier alpha value is -0.780. The Labute approximate surface area is 97.3 Å². The molecule has 1 N–H and O–H groups in total. The molecule has 0 aliphatic rings. The van der Waals surface area contributed by atoms with Crippen LogP contribution in [0, 0.1) is 0 Å². The highest BCUT2D eigenvalue weighted by atomic mass is 32.1. The van der Waals surface area contributed by atoms with Gasteiger partial charge in [0.05, 0.1) is 5.69 Å². The fourth-order valence-electron chi connectivity index (χ4n) is 1.34. The number of thiophene rings is 1. The van der Waals surface area contributed by atoms with E-state index >= 15 is 0 Å². The monoisotopic (exact) mass is 239 g/mol. The fourth-order valence-corrected chi connectivity index (χ4v) is 2.63. The van der Waals surface area contributed by atoms with Crippen LogP contribution in [0.5, 0.6) is 0 Å². The predicted octanol–water partition coefficient (Wildman–Crippen LogP) is 2.32. The van der Waals surface area contributed by atoms with Crippen LogP contribution in [0.3, 0.4) is 0 Å². The second-order valence-electron chi connectivity index (χ2n) is 3.46. The van der Waals surface area contributed by atoms with Crippen LogP contribution in [-0.4, -0.2) is 15.6 Å². The molecule has 2 aromatic rings. The lowest BCUT2D eigenvalue weighted by Crippen LogP contribution is -2.27. The number of nitrogens with one attached hydrogen (secondary N) is 1. The number of nitrogens with zero attached hydrogens (tertiary/aromatic N) is 2.